The maximum absolute atomic E-state index is 13.3. The van der Waals surface area contributed by atoms with Gasteiger partial charge >= 0.3 is 41.8 Å². The number of esters is 4. The lowest BCUT2D eigenvalue weighted by Gasteiger charge is -2.35. The molecule has 3 N–H and O–H groups in total. The lowest BCUT2D eigenvalue weighted by molar-refractivity contribution is -0.181. The van der Waals surface area contributed by atoms with Gasteiger partial charge in [0.05, 0.1) is 29.6 Å². The highest BCUT2D eigenvalue weighted by Crippen LogP contribution is 2.41. The Morgan fingerprint density at radius 1 is 0.895 bits per heavy atom. The van der Waals surface area contributed by atoms with Gasteiger partial charge in [0.1, 0.15) is 18.6 Å². The molecule has 13 heteroatoms. The summed E-state index contributed by atoms with van der Waals surface area (Å²) in [6.45, 7) is 3.21. The van der Waals surface area contributed by atoms with E-state index >= 15 is 0 Å². The quantitative estimate of drug-likeness (QED) is 0.184. The molecule has 13 nitrogen and oxygen atoms in total. The normalized spacial score (nSPS) is 20.8. The molecular weight excluding hydrogens is 508 g/mol. The zero-order chi connectivity index (χ0) is 28.7. The van der Waals surface area contributed by atoms with Crippen LogP contribution in [0.15, 0.2) is 30.3 Å². The average molecular weight is 536 g/mol. The minimum absolute atomic E-state index is 0.168. The third kappa shape index (κ3) is 6.72. The second-order valence-electron chi connectivity index (χ2n) is 8.82. The highest BCUT2D eigenvalue weighted by atomic mass is 16.6. The van der Waals surface area contributed by atoms with Gasteiger partial charge in [-0.1, -0.05) is 44.2 Å². The van der Waals surface area contributed by atoms with Gasteiger partial charge in [0, 0.05) is 6.92 Å². The molecule has 1 heterocycles. The third-order valence-electron chi connectivity index (χ3n) is 6.40. The monoisotopic (exact) mass is 536 g/mol. The molecule has 0 radical (unpaired) electrons. The molecule has 0 amide bonds. The van der Waals surface area contributed by atoms with Crippen LogP contribution in [-0.4, -0.2) is 63.2 Å². The molecule has 7 atom stereocenters. The number of hydrogen-bond donors (Lipinski definition) is 3. The lowest BCUT2D eigenvalue weighted by atomic mass is 9.67. The van der Waals surface area contributed by atoms with Gasteiger partial charge in [-0.05, 0) is 12.0 Å². The first-order valence-electron chi connectivity index (χ1n) is 11.6. The van der Waals surface area contributed by atoms with E-state index in [0.717, 1.165) is 13.8 Å². The summed E-state index contributed by atoms with van der Waals surface area (Å²) in [7, 11) is 0. The van der Waals surface area contributed by atoms with E-state index in [1.165, 1.54) is 6.92 Å². The zero-order valence-electron chi connectivity index (χ0n) is 20.8. The van der Waals surface area contributed by atoms with E-state index in [1.807, 2.05) is 0 Å². The first-order chi connectivity index (χ1) is 17.8. The van der Waals surface area contributed by atoms with E-state index < -0.39 is 83.4 Å². The molecule has 206 valence electrons. The van der Waals surface area contributed by atoms with E-state index in [-0.39, 0.29) is 13.0 Å². The van der Waals surface area contributed by atoms with Gasteiger partial charge < -0.3 is 29.5 Å². The van der Waals surface area contributed by atoms with Gasteiger partial charge in [-0.15, -0.1) is 0 Å². The number of ether oxygens (including phenoxy) is 3. The SMILES string of the molecule is CCC(OC(C)=O)C(C(=O)OCc1ccccc1)C(C(=O)O)C(C(=O)O)C(C(=O)O)C1C(=O)OC(=O)C1C. The molecule has 1 aromatic carbocycles. The maximum Gasteiger partial charge on any atom is 0.318 e. The van der Waals surface area contributed by atoms with Crippen LogP contribution in [0, 0.1) is 35.5 Å². The fourth-order valence-corrected chi connectivity index (χ4v) is 4.64. The Hall–Kier alpha value is -4.29. The molecule has 1 aliphatic heterocycles. The molecular formula is C25H28O13. The molecule has 1 saturated heterocycles. The maximum atomic E-state index is 13.3. The van der Waals surface area contributed by atoms with Gasteiger partial charge in [-0.2, -0.15) is 0 Å². The summed E-state index contributed by atoms with van der Waals surface area (Å²) in [6.07, 6.45) is -1.69. The molecule has 2 rings (SSSR count). The van der Waals surface area contributed by atoms with Crippen molar-refractivity contribution in [3.05, 3.63) is 35.9 Å². The Morgan fingerprint density at radius 2 is 1.47 bits per heavy atom. The number of carboxylic acid groups (broad SMARTS) is 3. The van der Waals surface area contributed by atoms with Crippen LogP contribution in [-0.2, 0) is 54.4 Å². The van der Waals surface area contributed by atoms with Gasteiger partial charge in [0.15, 0.2) is 0 Å². The van der Waals surface area contributed by atoms with Crippen molar-refractivity contribution in [3.8, 4) is 0 Å². The molecule has 1 aliphatic rings. The summed E-state index contributed by atoms with van der Waals surface area (Å²) in [4.78, 5) is 86.6. The summed E-state index contributed by atoms with van der Waals surface area (Å²) in [5, 5.41) is 30.1. The number of aliphatic carboxylic acids is 3. The van der Waals surface area contributed by atoms with Crippen molar-refractivity contribution in [1.29, 1.82) is 0 Å². The van der Waals surface area contributed by atoms with Crippen molar-refractivity contribution >= 4 is 41.8 Å². The van der Waals surface area contributed by atoms with Gasteiger partial charge in [0.2, 0.25) is 0 Å². The third-order valence-corrected chi connectivity index (χ3v) is 6.40. The highest BCUT2D eigenvalue weighted by molar-refractivity contribution is 6.00. The fraction of sp³-hybridized carbons (Fsp3) is 0.480. The molecule has 1 fully saturated rings. The number of carboxylic acids is 3. The molecule has 0 aromatic heterocycles. The van der Waals surface area contributed by atoms with Gasteiger partial charge in [-0.3, -0.25) is 33.6 Å². The Balaban J connectivity index is 2.64. The first kappa shape index (κ1) is 29.9. The van der Waals surface area contributed by atoms with Crippen molar-refractivity contribution in [1.82, 2.24) is 0 Å². The Bertz CT molecular complexity index is 1100. The number of benzene rings is 1. The molecule has 0 spiro atoms. The van der Waals surface area contributed by atoms with Crippen LogP contribution in [0.3, 0.4) is 0 Å². The second kappa shape index (κ2) is 12.8. The largest absolute Gasteiger partial charge is 0.481 e. The zero-order valence-corrected chi connectivity index (χ0v) is 20.8. The number of cyclic esters (lactones) is 2. The molecule has 0 bridgehead atoms. The van der Waals surface area contributed by atoms with Gasteiger partial charge in [0.25, 0.3) is 0 Å². The Kier molecular flexibility index (Phi) is 10.1. The van der Waals surface area contributed by atoms with E-state index in [9.17, 15) is 48.9 Å². The van der Waals surface area contributed by atoms with E-state index in [2.05, 4.69) is 4.74 Å². The predicted octanol–water partition coefficient (Wildman–Crippen LogP) is 1.13. The summed E-state index contributed by atoms with van der Waals surface area (Å²) in [6, 6.07) is 8.20. The minimum atomic E-state index is -2.44. The Morgan fingerprint density at radius 3 is 1.89 bits per heavy atom. The smallest absolute Gasteiger partial charge is 0.318 e. The van der Waals surface area contributed by atoms with Crippen LogP contribution < -0.4 is 0 Å². The predicted molar refractivity (Wildman–Crippen MR) is 123 cm³/mol. The number of hydrogen-bond acceptors (Lipinski definition) is 10. The number of carbonyl (C=O) groups excluding carboxylic acids is 4. The van der Waals surface area contributed by atoms with Crippen molar-refractivity contribution in [2.24, 2.45) is 35.5 Å². The topological polar surface area (TPSA) is 208 Å². The fourth-order valence-electron chi connectivity index (χ4n) is 4.64. The van der Waals surface area contributed by atoms with Crippen molar-refractivity contribution in [2.45, 2.75) is 39.9 Å². The molecule has 0 aliphatic carbocycles. The molecule has 7 unspecified atom stereocenters. The van der Waals surface area contributed by atoms with Crippen LogP contribution in [0.5, 0.6) is 0 Å². The summed E-state index contributed by atoms with van der Waals surface area (Å²) in [5.41, 5.74) is 0.506. The van der Waals surface area contributed by atoms with Crippen molar-refractivity contribution in [2.75, 3.05) is 0 Å². The summed E-state index contributed by atoms with van der Waals surface area (Å²) in [5.74, 6) is -22.7. The number of rotatable bonds is 13. The standard InChI is InChI=1S/C25H28O13/c1-4-14(37-12(3)26)16(24(34)36-10-13-8-6-5-7-9-13)18(21(29)30)19(22(31)32)17(20(27)28)15-11(2)23(33)38-25(15)35/h5-9,11,14-19H,4,10H2,1-3H3,(H,27,28)(H,29,30)(H,31,32). The van der Waals surface area contributed by atoms with E-state index in [0.29, 0.717) is 5.56 Å². The van der Waals surface area contributed by atoms with Crippen LogP contribution in [0.4, 0.5) is 0 Å². The summed E-state index contributed by atoms with van der Waals surface area (Å²) >= 11 is 0. The van der Waals surface area contributed by atoms with Crippen LogP contribution >= 0.6 is 0 Å². The second-order valence-corrected chi connectivity index (χ2v) is 8.82. The van der Waals surface area contributed by atoms with Crippen molar-refractivity contribution in [3.63, 3.8) is 0 Å². The lowest BCUT2D eigenvalue weighted by Crippen LogP contribution is -2.52. The van der Waals surface area contributed by atoms with Crippen LogP contribution in [0.2, 0.25) is 0 Å². The summed E-state index contributed by atoms with van der Waals surface area (Å²) < 4.78 is 14.9. The molecule has 1 aromatic rings. The first-order valence-corrected chi connectivity index (χ1v) is 11.6. The Labute approximate surface area is 216 Å². The number of carbonyl (C=O) groups is 7. The molecule has 38 heavy (non-hydrogen) atoms. The average Bonchev–Trinajstić information content (AvgIpc) is 3.09. The van der Waals surface area contributed by atoms with Crippen molar-refractivity contribution < 1.29 is 63.1 Å². The molecule has 0 saturated carbocycles. The highest BCUT2D eigenvalue weighted by Gasteiger charge is 2.59. The van der Waals surface area contributed by atoms with Crippen LogP contribution in [0.25, 0.3) is 0 Å². The van der Waals surface area contributed by atoms with E-state index in [4.69, 9.17) is 9.47 Å². The van der Waals surface area contributed by atoms with Gasteiger partial charge in [-0.25, -0.2) is 0 Å². The minimum Gasteiger partial charge on any atom is -0.481 e. The van der Waals surface area contributed by atoms with E-state index in [1.54, 1.807) is 30.3 Å². The van der Waals surface area contributed by atoms with Crippen LogP contribution in [0.1, 0.15) is 32.8 Å².